The average Bonchev–Trinajstić information content (AvgIpc) is 2.72. The third kappa shape index (κ3) is 1.63. The van der Waals surface area contributed by atoms with E-state index in [0.29, 0.717) is 0 Å². The van der Waals surface area contributed by atoms with E-state index in [4.69, 9.17) is 5.73 Å². The van der Waals surface area contributed by atoms with Gasteiger partial charge >= 0.3 is 0 Å². The Morgan fingerprint density at radius 1 is 1.54 bits per heavy atom. The Bertz CT molecular complexity index is 380. The van der Waals surface area contributed by atoms with Gasteiger partial charge in [0.15, 0.2) is 0 Å². The molecule has 0 saturated heterocycles. The SMILES string of the molecule is Cc1nnsc1C(N)c1ccsc1. The van der Waals surface area contributed by atoms with Crippen LogP contribution in [0, 0.1) is 6.92 Å². The van der Waals surface area contributed by atoms with Crippen molar-refractivity contribution >= 4 is 22.9 Å². The van der Waals surface area contributed by atoms with Crippen molar-refractivity contribution in [1.82, 2.24) is 9.59 Å². The van der Waals surface area contributed by atoms with E-state index in [-0.39, 0.29) is 6.04 Å². The number of hydrogen-bond acceptors (Lipinski definition) is 5. The van der Waals surface area contributed by atoms with E-state index in [9.17, 15) is 0 Å². The van der Waals surface area contributed by atoms with Crippen LogP contribution in [-0.4, -0.2) is 9.59 Å². The monoisotopic (exact) mass is 211 g/mol. The molecule has 0 spiro atoms. The maximum Gasteiger partial charge on any atom is 0.0776 e. The lowest BCUT2D eigenvalue weighted by molar-refractivity contribution is 0.879. The molecule has 1 atom stereocenters. The summed E-state index contributed by atoms with van der Waals surface area (Å²) in [5.74, 6) is 0. The van der Waals surface area contributed by atoms with Gasteiger partial charge in [0.1, 0.15) is 0 Å². The zero-order valence-electron chi connectivity index (χ0n) is 7.10. The second kappa shape index (κ2) is 3.53. The highest BCUT2D eigenvalue weighted by Gasteiger charge is 2.14. The molecule has 2 heterocycles. The van der Waals surface area contributed by atoms with Crippen molar-refractivity contribution in [3.8, 4) is 0 Å². The lowest BCUT2D eigenvalue weighted by Crippen LogP contribution is -2.10. The predicted molar refractivity (Wildman–Crippen MR) is 55.0 cm³/mol. The highest BCUT2D eigenvalue weighted by Crippen LogP contribution is 2.25. The normalized spacial score (nSPS) is 13.1. The molecule has 0 aliphatic carbocycles. The first-order valence-corrected chi connectivity index (χ1v) is 5.57. The zero-order valence-corrected chi connectivity index (χ0v) is 8.73. The Labute approximate surface area is 84.4 Å². The lowest BCUT2D eigenvalue weighted by Gasteiger charge is -2.06. The fourth-order valence-corrected chi connectivity index (χ4v) is 2.50. The molecule has 0 aromatic carbocycles. The first-order chi connectivity index (χ1) is 6.29. The highest BCUT2D eigenvalue weighted by atomic mass is 32.1. The zero-order chi connectivity index (χ0) is 9.26. The molecule has 0 fully saturated rings. The smallest absolute Gasteiger partial charge is 0.0776 e. The third-order valence-corrected chi connectivity index (χ3v) is 3.48. The van der Waals surface area contributed by atoms with E-state index in [0.717, 1.165) is 16.1 Å². The van der Waals surface area contributed by atoms with Crippen LogP contribution in [0.25, 0.3) is 0 Å². The molecule has 2 rings (SSSR count). The fourth-order valence-electron chi connectivity index (χ4n) is 1.13. The summed E-state index contributed by atoms with van der Waals surface area (Å²) in [5.41, 5.74) is 8.12. The molecule has 1 unspecified atom stereocenters. The molecule has 3 nitrogen and oxygen atoms in total. The molecule has 0 saturated carbocycles. The van der Waals surface area contributed by atoms with Crippen molar-refractivity contribution in [1.29, 1.82) is 0 Å². The number of hydrogen-bond donors (Lipinski definition) is 1. The van der Waals surface area contributed by atoms with Crippen LogP contribution < -0.4 is 5.73 Å². The molecule has 5 heteroatoms. The summed E-state index contributed by atoms with van der Waals surface area (Å²) in [5, 5.41) is 8.03. The van der Waals surface area contributed by atoms with Gasteiger partial charge in [0, 0.05) is 0 Å². The molecule has 0 bridgehead atoms. The van der Waals surface area contributed by atoms with Crippen molar-refractivity contribution in [3.05, 3.63) is 33.0 Å². The van der Waals surface area contributed by atoms with E-state index in [1.165, 1.54) is 11.5 Å². The van der Waals surface area contributed by atoms with E-state index < -0.39 is 0 Å². The minimum atomic E-state index is -0.0637. The Balaban J connectivity index is 2.33. The van der Waals surface area contributed by atoms with E-state index in [1.54, 1.807) is 11.3 Å². The Morgan fingerprint density at radius 2 is 2.38 bits per heavy atom. The summed E-state index contributed by atoms with van der Waals surface area (Å²) < 4.78 is 3.87. The van der Waals surface area contributed by atoms with Gasteiger partial charge in [-0.1, -0.05) is 4.49 Å². The molecule has 0 amide bonds. The van der Waals surface area contributed by atoms with Crippen molar-refractivity contribution in [3.63, 3.8) is 0 Å². The molecule has 13 heavy (non-hydrogen) atoms. The van der Waals surface area contributed by atoms with Gasteiger partial charge in [0.05, 0.1) is 16.6 Å². The Kier molecular flexibility index (Phi) is 2.39. The van der Waals surface area contributed by atoms with Gasteiger partial charge in [-0.3, -0.25) is 0 Å². The maximum atomic E-state index is 6.04. The molecule has 0 aliphatic rings. The van der Waals surface area contributed by atoms with E-state index in [1.807, 2.05) is 18.4 Å². The van der Waals surface area contributed by atoms with Crippen LogP contribution in [0.3, 0.4) is 0 Å². The van der Waals surface area contributed by atoms with Crippen LogP contribution in [-0.2, 0) is 0 Å². The van der Waals surface area contributed by atoms with Crippen LogP contribution >= 0.6 is 22.9 Å². The second-order valence-corrected chi connectivity index (χ2v) is 4.32. The van der Waals surface area contributed by atoms with Crippen molar-refractivity contribution in [2.45, 2.75) is 13.0 Å². The molecule has 0 radical (unpaired) electrons. The summed E-state index contributed by atoms with van der Waals surface area (Å²) in [6.07, 6.45) is 0. The van der Waals surface area contributed by atoms with Crippen LogP contribution in [0.15, 0.2) is 16.8 Å². The largest absolute Gasteiger partial charge is 0.319 e. The van der Waals surface area contributed by atoms with Crippen molar-refractivity contribution < 1.29 is 0 Å². The predicted octanol–water partition coefficient (Wildman–Crippen LogP) is 1.96. The highest BCUT2D eigenvalue weighted by molar-refractivity contribution is 7.08. The topological polar surface area (TPSA) is 51.8 Å². The number of rotatable bonds is 2. The van der Waals surface area contributed by atoms with Gasteiger partial charge in [-0.15, -0.1) is 5.10 Å². The van der Waals surface area contributed by atoms with Crippen molar-refractivity contribution in [2.24, 2.45) is 5.73 Å². The lowest BCUT2D eigenvalue weighted by atomic mass is 10.1. The van der Waals surface area contributed by atoms with Crippen LogP contribution in [0.1, 0.15) is 22.2 Å². The first kappa shape index (κ1) is 8.80. The summed E-state index contributed by atoms with van der Waals surface area (Å²) >= 11 is 3.03. The number of thiophene rings is 1. The molecule has 2 aromatic heterocycles. The van der Waals surface area contributed by atoms with Gasteiger partial charge in [0.25, 0.3) is 0 Å². The average molecular weight is 211 g/mol. The summed E-state index contributed by atoms with van der Waals surface area (Å²) in [6.45, 7) is 1.94. The minimum Gasteiger partial charge on any atom is -0.319 e. The van der Waals surface area contributed by atoms with Gasteiger partial charge in [-0.05, 0) is 40.8 Å². The minimum absolute atomic E-state index is 0.0637. The number of aryl methyl sites for hydroxylation is 1. The van der Waals surface area contributed by atoms with Gasteiger partial charge < -0.3 is 5.73 Å². The summed E-state index contributed by atoms with van der Waals surface area (Å²) in [7, 11) is 0. The molecule has 68 valence electrons. The molecular formula is C8H9N3S2. The quantitative estimate of drug-likeness (QED) is 0.826. The van der Waals surface area contributed by atoms with Crippen LogP contribution in [0.2, 0.25) is 0 Å². The molecular weight excluding hydrogens is 202 g/mol. The maximum absolute atomic E-state index is 6.04. The number of aromatic nitrogens is 2. The standard InChI is InChI=1S/C8H9N3S2/c1-5-8(13-11-10-5)7(9)6-2-3-12-4-6/h2-4,7H,9H2,1H3. The van der Waals surface area contributed by atoms with Gasteiger partial charge in [-0.2, -0.15) is 11.3 Å². The van der Waals surface area contributed by atoms with Crippen LogP contribution in [0.4, 0.5) is 0 Å². The van der Waals surface area contributed by atoms with Crippen molar-refractivity contribution in [2.75, 3.05) is 0 Å². The second-order valence-electron chi connectivity index (χ2n) is 2.76. The number of nitrogens with two attached hydrogens (primary N) is 1. The van der Waals surface area contributed by atoms with Gasteiger partial charge in [0.2, 0.25) is 0 Å². The summed E-state index contributed by atoms with van der Waals surface area (Å²) in [6, 6.07) is 1.97. The van der Waals surface area contributed by atoms with E-state index in [2.05, 4.69) is 15.0 Å². The molecule has 0 aliphatic heterocycles. The Hall–Kier alpha value is -0.780. The third-order valence-electron chi connectivity index (χ3n) is 1.87. The first-order valence-electron chi connectivity index (χ1n) is 3.85. The van der Waals surface area contributed by atoms with Crippen LogP contribution in [0.5, 0.6) is 0 Å². The van der Waals surface area contributed by atoms with Gasteiger partial charge in [-0.25, -0.2) is 0 Å². The molecule has 2 aromatic rings. The number of nitrogens with zero attached hydrogens (tertiary/aromatic N) is 2. The van der Waals surface area contributed by atoms with E-state index >= 15 is 0 Å². The molecule has 2 N–H and O–H groups in total. The summed E-state index contributed by atoms with van der Waals surface area (Å²) in [4.78, 5) is 1.05. The Morgan fingerprint density at radius 3 is 2.92 bits per heavy atom. The fraction of sp³-hybridized carbons (Fsp3) is 0.250.